The van der Waals surface area contributed by atoms with Crippen molar-refractivity contribution in [2.45, 2.75) is 19.2 Å². The first-order chi connectivity index (χ1) is 5.85. The summed E-state index contributed by atoms with van der Waals surface area (Å²) in [7, 11) is 0. The van der Waals surface area contributed by atoms with Gasteiger partial charge in [-0.15, -0.1) is 0 Å². The van der Waals surface area contributed by atoms with Gasteiger partial charge in [-0.3, -0.25) is 4.90 Å². The fourth-order valence-electron chi connectivity index (χ4n) is 1.00. The molecule has 1 atom stereocenters. The van der Waals surface area contributed by atoms with E-state index >= 15 is 0 Å². The van der Waals surface area contributed by atoms with Crippen LogP contribution in [0.5, 0.6) is 0 Å². The zero-order chi connectivity index (χ0) is 10.5. The van der Waals surface area contributed by atoms with Crippen molar-refractivity contribution >= 4 is 0 Å². The standard InChI is InChI=1S/C7H14F3NO2/c1-6(13)4-11(2-3-12)5-7(8,9)10/h6,12-13H,2-5H2,1H3. The molecule has 0 saturated heterocycles. The summed E-state index contributed by atoms with van der Waals surface area (Å²) in [6.07, 6.45) is -5.11. The second-order valence-corrected chi connectivity index (χ2v) is 2.92. The molecule has 13 heavy (non-hydrogen) atoms. The average molecular weight is 201 g/mol. The van der Waals surface area contributed by atoms with Crippen LogP contribution in [0, 0.1) is 0 Å². The van der Waals surface area contributed by atoms with E-state index in [-0.39, 0.29) is 19.7 Å². The van der Waals surface area contributed by atoms with Crippen molar-refractivity contribution < 1.29 is 23.4 Å². The van der Waals surface area contributed by atoms with Crippen molar-refractivity contribution in [1.29, 1.82) is 0 Å². The van der Waals surface area contributed by atoms with Crippen molar-refractivity contribution in [2.24, 2.45) is 0 Å². The summed E-state index contributed by atoms with van der Waals surface area (Å²) in [6.45, 7) is -0.202. The molecule has 80 valence electrons. The van der Waals surface area contributed by atoms with Gasteiger partial charge in [-0.05, 0) is 6.92 Å². The summed E-state index contributed by atoms with van der Waals surface area (Å²) in [5, 5.41) is 17.3. The maximum Gasteiger partial charge on any atom is 0.401 e. The minimum Gasteiger partial charge on any atom is -0.395 e. The van der Waals surface area contributed by atoms with E-state index in [2.05, 4.69) is 0 Å². The molecule has 0 aliphatic carbocycles. The molecule has 0 aromatic carbocycles. The first-order valence-electron chi connectivity index (χ1n) is 3.93. The molecule has 0 aliphatic heterocycles. The van der Waals surface area contributed by atoms with E-state index < -0.39 is 18.8 Å². The van der Waals surface area contributed by atoms with Gasteiger partial charge in [-0.25, -0.2) is 0 Å². The molecule has 0 aromatic heterocycles. The Morgan fingerprint density at radius 2 is 1.92 bits per heavy atom. The maximum absolute atomic E-state index is 11.9. The molecule has 0 bridgehead atoms. The predicted molar refractivity (Wildman–Crippen MR) is 41.3 cm³/mol. The minimum absolute atomic E-state index is 0.0790. The largest absolute Gasteiger partial charge is 0.401 e. The third kappa shape index (κ3) is 8.01. The zero-order valence-electron chi connectivity index (χ0n) is 7.38. The first kappa shape index (κ1) is 12.7. The van der Waals surface area contributed by atoms with Gasteiger partial charge in [0.05, 0.1) is 19.3 Å². The highest BCUT2D eigenvalue weighted by atomic mass is 19.4. The van der Waals surface area contributed by atoms with Crippen molar-refractivity contribution in [3.05, 3.63) is 0 Å². The minimum atomic E-state index is -4.29. The molecule has 0 saturated carbocycles. The summed E-state index contributed by atoms with van der Waals surface area (Å²) in [5.41, 5.74) is 0. The molecule has 0 fully saturated rings. The van der Waals surface area contributed by atoms with Gasteiger partial charge in [0.1, 0.15) is 0 Å². The Balaban J connectivity index is 3.94. The van der Waals surface area contributed by atoms with E-state index in [0.29, 0.717) is 0 Å². The molecule has 0 aliphatic rings. The smallest absolute Gasteiger partial charge is 0.395 e. The number of halogens is 3. The van der Waals surface area contributed by atoms with Gasteiger partial charge >= 0.3 is 6.18 Å². The lowest BCUT2D eigenvalue weighted by molar-refractivity contribution is -0.149. The summed E-state index contributed by atoms with van der Waals surface area (Å²) in [5.74, 6) is 0. The monoisotopic (exact) mass is 201 g/mol. The lowest BCUT2D eigenvalue weighted by Crippen LogP contribution is -2.40. The lowest BCUT2D eigenvalue weighted by atomic mass is 10.3. The number of hydrogen-bond acceptors (Lipinski definition) is 3. The van der Waals surface area contributed by atoms with Crippen LogP contribution in [0.1, 0.15) is 6.92 Å². The van der Waals surface area contributed by atoms with Crippen molar-refractivity contribution in [3.63, 3.8) is 0 Å². The van der Waals surface area contributed by atoms with Crippen LogP contribution in [0.15, 0.2) is 0 Å². The first-order valence-corrected chi connectivity index (χ1v) is 3.93. The number of nitrogens with zero attached hydrogens (tertiary/aromatic N) is 1. The predicted octanol–water partition coefficient (Wildman–Crippen LogP) is 0.224. The molecule has 3 nitrogen and oxygen atoms in total. The third-order valence-electron chi connectivity index (χ3n) is 1.34. The highest BCUT2D eigenvalue weighted by molar-refractivity contribution is 4.65. The van der Waals surface area contributed by atoms with Crippen LogP contribution in [-0.2, 0) is 0 Å². The van der Waals surface area contributed by atoms with E-state index in [0.717, 1.165) is 4.90 Å². The van der Waals surface area contributed by atoms with Gasteiger partial charge in [0.25, 0.3) is 0 Å². The van der Waals surface area contributed by atoms with E-state index in [1.54, 1.807) is 0 Å². The molecule has 0 spiro atoms. The molecule has 1 unspecified atom stereocenters. The molecule has 0 rings (SSSR count). The van der Waals surface area contributed by atoms with Crippen molar-refractivity contribution in [3.8, 4) is 0 Å². The van der Waals surface area contributed by atoms with Crippen LogP contribution in [0.25, 0.3) is 0 Å². The number of alkyl halides is 3. The Morgan fingerprint density at radius 1 is 1.38 bits per heavy atom. The Hall–Kier alpha value is -0.330. The van der Waals surface area contributed by atoms with Crippen LogP contribution < -0.4 is 0 Å². The zero-order valence-corrected chi connectivity index (χ0v) is 7.38. The van der Waals surface area contributed by atoms with E-state index in [1.807, 2.05) is 0 Å². The maximum atomic E-state index is 11.9. The van der Waals surface area contributed by atoms with Crippen LogP contribution in [-0.4, -0.2) is 53.6 Å². The normalized spacial score (nSPS) is 15.0. The van der Waals surface area contributed by atoms with Crippen LogP contribution in [0.4, 0.5) is 13.2 Å². The molecule has 0 aromatic rings. The molecule has 0 radical (unpaired) electrons. The second kappa shape index (κ2) is 5.41. The third-order valence-corrected chi connectivity index (χ3v) is 1.34. The number of aliphatic hydroxyl groups is 2. The summed E-state index contributed by atoms with van der Waals surface area (Å²) in [4.78, 5) is 0.963. The lowest BCUT2D eigenvalue weighted by Gasteiger charge is -2.23. The van der Waals surface area contributed by atoms with Crippen molar-refractivity contribution in [1.82, 2.24) is 4.90 Å². The Labute approximate surface area is 74.8 Å². The highest BCUT2D eigenvalue weighted by Gasteiger charge is 2.30. The van der Waals surface area contributed by atoms with Gasteiger partial charge < -0.3 is 10.2 Å². The Kier molecular flexibility index (Phi) is 5.27. The molecular weight excluding hydrogens is 187 g/mol. The summed E-state index contributed by atoms with van der Waals surface area (Å²) < 4.78 is 35.6. The summed E-state index contributed by atoms with van der Waals surface area (Å²) >= 11 is 0. The van der Waals surface area contributed by atoms with Gasteiger partial charge in [-0.2, -0.15) is 13.2 Å². The molecular formula is C7H14F3NO2. The quantitative estimate of drug-likeness (QED) is 0.669. The second-order valence-electron chi connectivity index (χ2n) is 2.92. The van der Waals surface area contributed by atoms with Crippen LogP contribution >= 0.6 is 0 Å². The number of hydrogen-bond donors (Lipinski definition) is 2. The molecule has 6 heteroatoms. The van der Waals surface area contributed by atoms with Gasteiger partial charge in [0.15, 0.2) is 0 Å². The van der Waals surface area contributed by atoms with E-state index in [4.69, 9.17) is 10.2 Å². The topological polar surface area (TPSA) is 43.7 Å². The number of aliphatic hydroxyl groups excluding tert-OH is 2. The van der Waals surface area contributed by atoms with Crippen LogP contribution in [0.2, 0.25) is 0 Å². The van der Waals surface area contributed by atoms with E-state index in [1.165, 1.54) is 6.92 Å². The molecule has 2 N–H and O–H groups in total. The fourth-order valence-corrected chi connectivity index (χ4v) is 1.00. The number of rotatable bonds is 5. The van der Waals surface area contributed by atoms with E-state index in [9.17, 15) is 13.2 Å². The van der Waals surface area contributed by atoms with Gasteiger partial charge in [0.2, 0.25) is 0 Å². The summed E-state index contributed by atoms with van der Waals surface area (Å²) in [6, 6.07) is 0. The fraction of sp³-hybridized carbons (Fsp3) is 1.00. The highest BCUT2D eigenvalue weighted by Crippen LogP contribution is 2.16. The van der Waals surface area contributed by atoms with Gasteiger partial charge in [0, 0.05) is 13.1 Å². The molecule has 0 heterocycles. The Bertz CT molecular complexity index is 138. The van der Waals surface area contributed by atoms with Crippen molar-refractivity contribution in [2.75, 3.05) is 26.2 Å². The average Bonchev–Trinajstić information content (AvgIpc) is 1.81. The molecule has 0 amide bonds. The Morgan fingerprint density at radius 3 is 2.23 bits per heavy atom. The SMILES string of the molecule is CC(O)CN(CCO)CC(F)(F)F. The van der Waals surface area contributed by atoms with Crippen LogP contribution in [0.3, 0.4) is 0 Å². The van der Waals surface area contributed by atoms with Gasteiger partial charge in [-0.1, -0.05) is 0 Å².